The van der Waals surface area contributed by atoms with Gasteiger partial charge in [0.2, 0.25) is 5.91 Å². The molecule has 5 nitrogen and oxygen atoms in total. The van der Waals surface area contributed by atoms with Gasteiger partial charge in [-0.2, -0.15) is 0 Å². The maximum absolute atomic E-state index is 12.5. The van der Waals surface area contributed by atoms with Crippen LogP contribution in [0.15, 0.2) is 24.3 Å². The van der Waals surface area contributed by atoms with Crippen LogP contribution in [0.3, 0.4) is 0 Å². The molecule has 4 atom stereocenters. The first-order valence-electron chi connectivity index (χ1n) is 7.88. The van der Waals surface area contributed by atoms with Gasteiger partial charge in [-0.15, -0.1) is 0 Å². The van der Waals surface area contributed by atoms with Crippen molar-refractivity contribution in [3.05, 3.63) is 29.8 Å². The lowest BCUT2D eigenvalue weighted by Gasteiger charge is -2.23. The van der Waals surface area contributed by atoms with E-state index >= 15 is 0 Å². The van der Waals surface area contributed by atoms with Crippen molar-refractivity contribution in [2.75, 3.05) is 5.32 Å². The van der Waals surface area contributed by atoms with Crippen LogP contribution in [0.25, 0.3) is 0 Å². The summed E-state index contributed by atoms with van der Waals surface area (Å²) >= 11 is 0. The number of anilines is 1. The molecule has 118 valence electrons. The molecule has 0 aliphatic carbocycles. The number of carbonyl (C=O) groups is 2. The van der Waals surface area contributed by atoms with E-state index in [1.165, 1.54) is 5.56 Å². The lowest BCUT2D eigenvalue weighted by molar-refractivity contribution is -0.147. The lowest BCUT2D eigenvalue weighted by atomic mass is 9.78. The Morgan fingerprint density at radius 3 is 2.41 bits per heavy atom. The van der Waals surface area contributed by atoms with E-state index < -0.39 is 17.8 Å². The molecule has 2 saturated heterocycles. The average Bonchev–Trinajstić information content (AvgIpc) is 3.10. The lowest BCUT2D eigenvalue weighted by Crippen LogP contribution is -2.40. The number of hydrogen-bond acceptors (Lipinski definition) is 3. The minimum absolute atomic E-state index is 0.247. The number of aryl methyl sites for hydroxylation is 1. The van der Waals surface area contributed by atoms with Gasteiger partial charge in [-0.1, -0.05) is 25.5 Å². The molecule has 2 fully saturated rings. The molecule has 1 aromatic carbocycles. The number of carboxylic acids is 1. The molecule has 0 radical (unpaired) electrons. The molecule has 5 heteroatoms. The summed E-state index contributed by atoms with van der Waals surface area (Å²) in [6, 6.07) is 7.72. The van der Waals surface area contributed by atoms with E-state index in [1.54, 1.807) is 0 Å². The van der Waals surface area contributed by atoms with Gasteiger partial charge in [-0.3, -0.25) is 9.59 Å². The SMILES string of the molecule is CCCc1ccc(NC(=O)[C@H]2[C@@H](C(=O)O)[C@@H]3CC[C@@H]2O3)cc1. The van der Waals surface area contributed by atoms with Crippen molar-refractivity contribution >= 4 is 17.6 Å². The van der Waals surface area contributed by atoms with Gasteiger partial charge in [-0.05, 0) is 37.0 Å². The van der Waals surface area contributed by atoms with Crippen LogP contribution in [0.1, 0.15) is 31.7 Å². The van der Waals surface area contributed by atoms with Crippen molar-refractivity contribution in [3.8, 4) is 0 Å². The predicted molar refractivity (Wildman–Crippen MR) is 81.6 cm³/mol. The Hall–Kier alpha value is -1.88. The van der Waals surface area contributed by atoms with Crippen molar-refractivity contribution in [2.45, 2.75) is 44.8 Å². The number of ether oxygens (including phenoxy) is 1. The van der Waals surface area contributed by atoms with Gasteiger partial charge in [0.05, 0.1) is 24.0 Å². The third-order valence-corrected chi connectivity index (χ3v) is 4.62. The van der Waals surface area contributed by atoms with Crippen molar-refractivity contribution in [3.63, 3.8) is 0 Å². The van der Waals surface area contributed by atoms with Crippen molar-refractivity contribution in [2.24, 2.45) is 11.8 Å². The monoisotopic (exact) mass is 303 g/mol. The maximum Gasteiger partial charge on any atom is 0.310 e. The fourth-order valence-corrected chi connectivity index (χ4v) is 3.59. The summed E-state index contributed by atoms with van der Waals surface area (Å²) in [7, 11) is 0. The summed E-state index contributed by atoms with van der Waals surface area (Å²) in [4.78, 5) is 23.9. The molecule has 0 spiro atoms. The zero-order chi connectivity index (χ0) is 15.7. The molecule has 2 aliphatic rings. The van der Waals surface area contributed by atoms with Gasteiger partial charge in [-0.25, -0.2) is 0 Å². The van der Waals surface area contributed by atoms with Gasteiger partial charge >= 0.3 is 5.97 Å². The van der Waals surface area contributed by atoms with Crippen molar-refractivity contribution < 1.29 is 19.4 Å². The quantitative estimate of drug-likeness (QED) is 0.876. The Morgan fingerprint density at radius 2 is 1.82 bits per heavy atom. The van der Waals surface area contributed by atoms with Crippen LogP contribution in [0.4, 0.5) is 5.69 Å². The third-order valence-electron chi connectivity index (χ3n) is 4.62. The highest BCUT2D eigenvalue weighted by Gasteiger charge is 2.55. The third kappa shape index (κ3) is 2.73. The number of carboxylic acid groups (broad SMARTS) is 1. The number of benzene rings is 1. The van der Waals surface area contributed by atoms with Crippen LogP contribution in [-0.2, 0) is 20.7 Å². The molecule has 22 heavy (non-hydrogen) atoms. The molecular weight excluding hydrogens is 282 g/mol. The van der Waals surface area contributed by atoms with Gasteiger partial charge in [0.15, 0.2) is 0 Å². The number of fused-ring (bicyclic) bond motifs is 2. The van der Waals surface area contributed by atoms with E-state index in [0.717, 1.165) is 25.7 Å². The first-order valence-corrected chi connectivity index (χ1v) is 7.88. The van der Waals surface area contributed by atoms with Gasteiger partial charge in [0.25, 0.3) is 0 Å². The van der Waals surface area contributed by atoms with E-state index in [-0.39, 0.29) is 18.1 Å². The number of amides is 1. The number of nitrogens with one attached hydrogen (secondary N) is 1. The highest BCUT2D eigenvalue weighted by molar-refractivity contribution is 5.96. The Bertz CT molecular complexity index is 569. The summed E-state index contributed by atoms with van der Waals surface area (Å²) in [5.41, 5.74) is 1.93. The van der Waals surface area contributed by atoms with Crippen LogP contribution in [0.5, 0.6) is 0 Å². The normalized spacial score (nSPS) is 29.5. The highest BCUT2D eigenvalue weighted by Crippen LogP contribution is 2.44. The van der Waals surface area contributed by atoms with Crippen LogP contribution in [0.2, 0.25) is 0 Å². The molecular formula is C17H21NO4. The number of hydrogen-bond donors (Lipinski definition) is 2. The summed E-state index contributed by atoms with van der Waals surface area (Å²) < 4.78 is 5.63. The molecule has 2 aliphatic heterocycles. The first-order chi connectivity index (χ1) is 10.6. The molecule has 3 rings (SSSR count). The molecule has 2 heterocycles. The highest BCUT2D eigenvalue weighted by atomic mass is 16.5. The molecule has 2 N–H and O–H groups in total. The van der Waals surface area contributed by atoms with Crippen molar-refractivity contribution in [1.82, 2.24) is 0 Å². The molecule has 0 aromatic heterocycles. The van der Waals surface area contributed by atoms with E-state index in [2.05, 4.69) is 12.2 Å². The zero-order valence-corrected chi connectivity index (χ0v) is 12.6. The number of carbonyl (C=O) groups excluding carboxylic acids is 1. The smallest absolute Gasteiger partial charge is 0.310 e. The van der Waals surface area contributed by atoms with Crippen molar-refractivity contribution in [1.29, 1.82) is 0 Å². The minimum atomic E-state index is -0.939. The summed E-state index contributed by atoms with van der Waals surface area (Å²) in [6.07, 6.45) is 3.01. The second-order valence-electron chi connectivity index (χ2n) is 6.12. The van der Waals surface area contributed by atoms with Crippen LogP contribution in [0, 0.1) is 11.8 Å². The minimum Gasteiger partial charge on any atom is -0.481 e. The van der Waals surface area contributed by atoms with Gasteiger partial charge in [0.1, 0.15) is 0 Å². The number of aliphatic carboxylic acids is 1. The van der Waals surface area contributed by atoms with E-state index in [1.807, 2.05) is 24.3 Å². The molecule has 0 saturated carbocycles. The van der Waals surface area contributed by atoms with Gasteiger partial charge < -0.3 is 15.2 Å². The zero-order valence-electron chi connectivity index (χ0n) is 12.6. The second kappa shape index (κ2) is 6.08. The summed E-state index contributed by atoms with van der Waals surface area (Å²) in [5, 5.41) is 12.2. The van der Waals surface area contributed by atoms with Crippen LogP contribution < -0.4 is 5.32 Å². The molecule has 2 bridgehead atoms. The number of rotatable bonds is 5. The Labute approximate surface area is 129 Å². The second-order valence-corrected chi connectivity index (χ2v) is 6.12. The summed E-state index contributed by atoms with van der Waals surface area (Å²) in [5.74, 6) is -2.50. The topological polar surface area (TPSA) is 75.6 Å². The van der Waals surface area contributed by atoms with Gasteiger partial charge in [0, 0.05) is 5.69 Å². The van der Waals surface area contributed by atoms with Crippen LogP contribution in [-0.4, -0.2) is 29.2 Å². The molecule has 0 unspecified atom stereocenters. The first kappa shape index (κ1) is 15.0. The fraction of sp³-hybridized carbons (Fsp3) is 0.529. The van der Waals surface area contributed by atoms with E-state index in [9.17, 15) is 14.7 Å². The molecule has 1 amide bonds. The fourth-order valence-electron chi connectivity index (χ4n) is 3.59. The largest absolute Gasteiger partial charge is 0.481 e. The Morgan fingerprint density at radius 1 is 1.18 bits per heavy atom. The predicted octanol–water partition coefficient (Wildman–Crippen LogP) is 2.46. The standard InChI is InChI=1S/C17H21NO4/c1-2-3-10-4-6-11(7-5-10)18-16(19)14-12-8-9-13(22-12)15(14)17(20)21/h4-7,12-15H,2-3,8-9H2,1H3,(H,18,19)(H,20,21)/t12-,13-,14+,15-/m0/s1. The Balaban J connectivity index is 1.69. The summed E-state index contributed by atoms with van der Waals surface area (Å²) in [6.45, 7) is 2.12. The molecule has 1 aromatic rings. The maximum atomic E-state index is 12.5. The average molecular weight is 303 g/mol. The van der Waals surface area contributed by atoms with E-state index in [4.69, 9.17) is 4.74 Å². The van der Waals surface area contributed by atoms with E-state index in [0.29, 0.717) is 5.69 Å². The Kier molecular flexibility index (Phi) is 4.16. The van der Waals surface area contributed by atoms with Crippen LogP contribution >= 0.6 is 0 Å².